The number of tetrazole rings is 1. The Morgan fingerprint density at radius 1 is 1.50 bits per heavy atom. The predicted molar refractivity (Wildman–Crippen MR) is 68.4 cm³/mol. The van der Waals surface area contributed by atoms with E-state index in [0.29, 0.717) is 16.7 Å². The highest BCUT2D eigenvalue weighted by atomic mass is 79.9. The van der Waals surface area contributed by atoms with Crippen LogP contribution in [0, 0.1) is 5.82 Å². The SMILES string of the molecule is CNC(Cc1nnn(C)n1)c1cccc(F)c1Br. The zero-order chi connectivity index (χ0) is 13.1. The summed E-state index contributed by atoms with van der Waals surface area (Å²) in [5, 5.41) is 15.0. The van der Waals surface area contributed by atoms with E-state index in [9.17, 15) is 4.39 Å². The van der Waals surface area contributed by atoms with Crippen LogP contribution in [0.15, 0.2) is 22.7 Å². The average molecular weight is 314 g/mol. The first-order valence-electron chi connectivity index (χ1n) is 5.46. The highest BCUT2D eigenvalue weighted by molar-refractivity contribution is 9.10. The normalized spacial score (nSPS) is 12.7. The summed E-state index contributed by atoms with van der Waals surface area (Å²) >= 11 is 3.26. The van der Waals surface area contributed by atoms with Gasteiger partial charge in [0.25, 0.3) is 0 Å². The molecule has 0 fully saturated rings. The molecular weight excluding hydrogens is 301 g/mol. The van der Waals surface area contributed by atoms with Gasteiger partial charge in [-0.05, 0) is 39.8 Å². The molecular formula is C11H13BrFN5. The molecule has 18 heavy (non-hydrogen) atoms. The van der Waals surface area contributed by atoms with Crippen LogP contribution in [0.25, 0.3) is 0 Å². The van der Waals surface area contributed by atoms with Crippen molar-refractivity contribution in [1.29, 1.82) is 0 Å². The fraction of sp³-hybridized carbons (Fsp3) is 0.364. The molecule has 0 aliphatic heterocycles. The number of hydrogen-bond donors (Lipinski definition) is 1. The summed E-state index contributed by atoms with van der Waals surface area (Å²) in [6.07, 6.45) is 0.548. The van der Waals surface area contributed by atoms with Crippen LogP contribution in [0.4, 0.5) is 4.39 Å². The highest BCUT2D eigenvalue weighted by Gasteiger charge is 2.17. The van der Waals surface area contributed by atoms with Crippen molar-refractivity contribution in [3.63, 3.8) is 0 Å². The fourth-order valence-electron chi connectivity index (χ4n) is 1.74. The van der Waals surface area contributed by atoms with Crippen molar-refractivity contribution in [2.45, 2.75) is 12.5 Å². The molecule has 1 aromatic carbocycles. The molecule has 2 rings (SSSR count). The number of hydrogen-bond acceptors (Lipinski definition) is 4. The molecule has 0 radical (unpaired) electrons. The van der Waals surface area contributed by atoms with E-state index in [2.05, 4.69) is 36.7 Å². The average Bonchev–Trinajstić information content (AvgIpc) is 2.76. The van der Waals surface area contributed by atoms with Gasteiger partial charge in [0.1, 0.15) is 5.82 Å². The maximum Gasteiger partial charge on any atom is 0.176 e. The van der Waals surface area contributed by atoms with E-state index in [1.807, 2.05) is 13.1 Å². The van der Waals surface area contributed by atoms with Gasteiger partial charge in [-0.1, -0.05) is 12.1 Å². The lowest BCUT2D eigenvalue weighted by Gasteiger charge is -2.16. The Hall–Kier alpha value is -1.34. The first-order valence-corrected chi connectivity index (χ1v) is 6.25. The maximum atomic E-state index is 13.5. The lowest BCUT2D eigenvalue weighted by molar-refractivity contribution is 0.556. The van der Waals surface area contributed by atoms with Crippen LogP contribution >= 0.6 is 15.9 Å². The first kappa shape index (κ1) is 13.1. The van der Waals surface area contributed by atoms with E-state index in [-0.39, 0.29) is 11.9 Å². The number of rotatable bonds is 4. The molecule has 1 unspecified atom stereocenters. The van der Waals surface area contributed by atoms with Gasteiger partial charge in [0.05, 0.1) is 11.5 Å². The van der Waals surface area contributed by atoms with Crippen molar-refractivity contribution in [2.75, 3.05) is 7.05 Å². The second-order valence-electron chi connectivity index (χ2n) is 3.88. The molecule has 0 saturated heterocycles. The quantitative estimate of drug-likeness (QED) is 0.932. The Morgan fingerprint density at radius 3 is 2.89 bits per heavy atom. The molecule has 96 valence electrons. The van der Waals surface area contributed by atoms with Crippen molar-refractivity contribution in [2.24, 2.45) is 7.05 Å². The van der Waals surface area contributed by atoms with Crippen molar-refractivity contribution >= 4 is 15.9 Å². The molecule has 2 aromatic rings. The Labute approximate surface area is 113 Å². The van der Waals surface area contributed by atoms with Crippen LogP contribution in [0.3, 0.4) is 0 Å². The minimum atomic E-state index is -0.278. The molecule has 0 saturated carbocycles. The first-order chi connectivity index (χ1) is 8.61. The number of aromatic nitrogens is 4. The third-order valence-electron chi connectivity index (χ3n) is 2.64. The summed E-state index contributed by atoms with van der Waals surface area (Å²) in [5.41, 5.74) is 0.838. The molecule has 0 amide bonds. The smallest absolute Gasteiger partial charge is 0.176 e. The predicted octanol–water partition coefficient (Wildman–Crippen LogP) is 1.61. The molecule has 0 bridgehead atoms. The van der Waals surface area contributed by atoms with Crippen molar-refractivity contribution in [3.05, 3.63) is 39.9 Å². The van der Waals surface area contributed by atoms with Gasteiger partial charge in [-0.15, -0.1) is 10.2 Å². The lowest BCUT2D eigenvalue weighted by Crippen LogP contribution is -2.20. The lowest BCUT2D eigenvalue weighted by atomic mass is 10.0. The van der Waals surface area contributed by atoms with E-state index >= 15 is 0 Å². The molecule has 1 atom stereocenters. The second kappa shape index (κ2) is 5.53. The van der Waals surface area contributed by atoms with Gasteiger partial charge in [0.15, 0.2) is 5.82 Å². The Balaban J connectivity index is 2.25. The summed E-state index contributed by atoms with van der Waals surface area (Å²) < 4.78 is 14.0. The molecule has 1 aromatic heterocycles. The summed E-state index contributed by atoms with van der Waals surface area (Å²) in [5.74, 6) is 0.341. The second-order valence-corrected chi connectivity index (χ2v) is 4.68. The number of nitrogens with one attached hydrogen (secondary N) is 1. The fourth-order valence-corrected chi connectivity index (χ4v) is 2.29. The zero-order valence-corrected chi connectivity index (χ0v) is 11.6. The van der Waals surface area contributed by atoms with Gasteiger partial charge in [-0.25, -0.2) is 4.39 Å². The molecule has 7 heteroatoms. The van der Waals surface area contributed by atoms with Crippen LogP contribution < -0.4 is 5.32 Å². The van der Waals surface area contributed by atoms with Gasteiger partial charge in [0, 0.05) is 12.5 Å². The number of nitrogens with zero attached hydrogens (tertiary/aromatic N) is 4. The van der Waals surface area contributed by atoms with Crippen molar-refractivity contribution in [3.8, 4) is 0 Å². The maximum absolute atomic E-state index is 13.5. The van der Waals surface area contributed by atoms with Gasteiger partial charge >= 0.3 is 0 Å². The number of aryl methyl sites for hydroxylation is 1. The minimum absolute atomic E-state index is 0.0701. The van der Waals surface area contributed by atoms with Crippen LogP contribution in [-0.2, 0) is 13.5 Å². The third kappa shape index (κ3) is 2.73. The van der Waals surface area contributed by atoms with E-state index < -0.39 is 0 Å². The largest absolute Gasteiger partial charge is 0.313 e. The van der Waals surface area contributed by atoms with Crippen molar-refractivity contribution < 1.29 is 4.39 Å². The summed E-state index contributed by atoms with van der Waals surface area (Å²) in [4.78, 5) is 1.41. The summed E-state index contributed by atoms with van der Waals surface area (Å²) in [6, 6.07) is 4.90. The van der Waals surface area contributed by atoms with E-state index in [1.54, 1.807) is 13.1 Å². The molecule has 1 N–H and O–H groups in total. The van der Waals surface area contributed by atoms with Crippen molar-refractivity contribution in [1.82, 2.24) is 25.5 Å². The monoisotopic (exact) mass is 313 g/mol. The zero-order valence-electron chi connectivity index (χ0n) is 10.1. The Morgan fingerprint density at radius 2 is 2.28 bits per heavy atom. The standard InChI is InChI=1S/C11H13BrFN5/c1-14-9(6-10-15-17-18(2)16-10)7-4-3-5-8(13)11(7)12/h3-5,9,14H,6H2,1-2H3. The van der Waals surface area contributed by atoms with Gasteiger partial charge < -0.3 is 5.32 Å². The summed E-state index contributed by atoms with van der Waals surface area (Å²) in [7, 11) is 3.53. The topological polar surface area (TPSA) is 55.6 Å². The van der Waals surface area contributed by atoms with Crippen LogP contribution in [0.5, 0.6) is 0 Å². The number of benzene rings is 1. The third-order valence-corrected chi connectivity index (χ3v) is 3.48. The minimum Gasteiger partial charge on any atom is -0.313 e. The molecule has 0 aliphatic carbocycles. The van der Waals surface area contributed by atoms with E-state index in [4.69, 9.17) is 0 Å². The highest BCUT2D eigenvalue weighted by Crippen LogP contribution is 2.27. The van der Waals surface area contributed by atoms with Crippen LogP contribution in [0.1, 0.15) is 17.4 Å². The van der Waals surface area contributed by atoms with Crippen LogP contribution in [0.2, 0.25) is 0 Å². The molecule has 5 nitrogen and oxygen atoms in total. The summed E-state index contributed by atoms with van der Waals surface area (Å²) in [6.45, 7) is 0. The Bertz CT molecular complexity index is 542. The van der Waals surface area contributed by atoms with E-state index in [1.165, 1.54) is 10.9 Å². The van der Waals surface area contributed by atoms with E-state index in [0.717, 1.165) is 5.56 Å². The number of halogens is 2. The van der Waals surface area contributed by atoms with Gasteiger partial charge in [-0.3, -0.25) is 0 Å². The Kier molecular flexibility index (Phi) is 4.03. The van der Waals surface area contributed by atoms with Gasteiger partial charge in [-0.2, -0.15) is 4.80 Å². The molecule has 0 spiro atoms. The van der Waals surface area contributed by atoms with Crippen LogP contribution in [-0.4, -0.2) is 27.3 Å². The van der Waals surface area contributed by atoms with Gasteiger partial charge in [0.2, 0.25) is 0 Å². The molecule has 0 aliphatic rings. The molecule has 1 heterocycles. The number of likely N-dealkylation sites (N-methyl/N-ethyl adjacent to an activating group) is 1.